The maximum atomic E-state index is 5.77. The summed E-state index contributed by atoms with van der Waals surface area (Å²) in [5, 5.41) is 5.21. The molecule has 1 saturated heterocycles. The Morgan fingerprint density at radius 3 is 3.05 bits per heavy atom. The molecule has 19 heavy (non-hydrogen) atoms. The van der Waals surface area contributed by atoms with E-state index < -0.39 is 0 Å². The van der Waals surface area contributed by atoms with Crippen molar-refractivity contribution in [2.45, 2.75) is 19.1 Å². The average molecular weight is 262 g/mol. The van der Waals surface area contributed by atoms with Gasteiger partial charge in [-0.15, -0.1) is 0 Å². The van der Waals surface area contributed by atoms with Crippen molar-refractivity contribution in [3.63, 3.8) is 0 Å². The Labute approximate surface area is 111 Å². The zero-order valence-corrected chi connectivity index (χ0v) is 11.2. The van der Waals surface area contributed by atoms with Crippen molar-refractivity contribution in [2.75, 3.05) is 24.5 Å². The molecule has 3 heterocycles. The molecule has 0 amide bonds. The molecule has 2 atom stereocenters. The molecule has 2 aromatic heterocycles. The van der Waals surface area contributed by atoms with E-state index in [0.29, 0.717) is 6.54 Å². The molecule has 1 aliphatic heterocycles. The van der Waals surface area contributed by atoms with E-state index in [9.17, 15) is 0 Å². The lowest BCUT2D eigenvalue weighted by Crippen LogP contribution is -2.49. The van der Waals surface area contributed by atoms with Gasteiger partial charge in [-0.3, -0.25) is 4.68 Å². The lowest BCUT2D eigenvalue weighted by Gasteiger charge is -2.37. The summed E-state index contributed by atoms with van der Waals surface area (Å²) in [5.74, 6) is 0.909. The molecule has 2 unspecified atom stereocenters. The molecule has 7 heteroatoms. The molecule has 0 bridgehead atoms. The van der Waals surface area contributed by atoms with Crippen LogP contribution in [0.2, 0.25) is 0 Å². The smallest absolute Gasteiger partial charge is 0.163 e. The van der Waals surface area contributed by atoms with E-state index in [1.807, 2.05) is 13.2 Å². The molecule has 102 valence electrons. The second-order valence-corrected chi connectivity index (χ2v) is 4.91. The number of fused-ring (bicyclic) bond motifs is 1. The highest BCUT2D eigenvalue weighted by Gasteiger charge is 2.26. The van der Waals surface area contributed by atoms with Crippen LogP contribution in [0, 0.1) is 0 Å². The molecule has 0 spiro atoms. The number of morpholine rings is 1. The first-order valence-corrected chi connectivity index (χ1v) is 6.42. The van der Waals surface area contributed by atoms with Gasteiger partial charge >= 0.3 is 0 Å². The van der Waals surface area contributed by atoms with Crippen LogP contribution in [0.3, 0.4) is 0 Å². The van der Waals surface area contributed by atoms with Gasteiger partial charge in [0.25, 0.3) is 0 Å². The highest BCUT2D eigenvalue weighted by molar-refractivity contribution is 5.86. The highest BCUT2D eigenvalue weighted by atomic mass is 16.5. The molecule has 2 N–H and O–H groups in total. The van der Waals surface area contributed by atoms with E-state index in [0.717, 1.165) is 29.9 Å². The van der Waals surface area contributed by atoms with Gasteiger partial charge in [-0.25, -0.2) is 9.97 Å². The molecule has 0 aromatic carbocycles. The van der Waals surface area contributed by atoms with E-state index in [-0.39, 0.29) is 12.2 Å². The number of ether oxygens (including phenoxy) is 1. The van der Waals surface area contributed by atoms with Crippen LogP contribution in [0.4, 0.5) is 5.82 Å². The van der Waals surface area contributed by atoms with Gasteiger partial charge in [0.15, 0.2) is 5.65 Å². The minimum atomic E-state index is 0.0467. The Balaban J connectivity index is 1.99. The normalized spacial score (nSPS) is 24.1. The summed E-state index contributed by atoms with van der Waals surface area (Å²) in [5.41, 5.74) is 6.56. The van der Waals surface area contributed by atoms with Crippen molar-refractivity contribution in [2.24, 2.45) is 12.8 Å². The molecule has 0 radical (unpaired) electrons. The van der Waals surface area contributed by atoms with Crippen molar-refractivity contribution < 1.29 is 4.74 Å². The Morgan fingerprint density at radius 1 is 1.42 bits per heavy atom. The molecule has 1 aliphatic rings. The van der Waals surface area contributed by atoms with Gasteiger partial charge in [0.1, 0.15) is 12.1 Å². The summed E-state index contributed by atoms with van der Waals surface area (Å²) in [6.45, 7) is 4.12. The second-order valence-electron chi connectivity index (χ2n) is 4.91. The molecule has 0 aliphatic carbocycles. The molecular formula is C12H18N6O. The standard InChI is InChI=1S/C12H18N6O/c1-8-5-18(6-9(3-13)19-8)12-10-4-16-17(2)11(10)14-7-15-12/h4,7-9H,3,5-6,13H2,1-2H3. The van der Waals surface area contributed by atoms with Crippen molar-refractivity contribution >= 4 is 16.9 Å². The summed E-state index contributed by atoms with van der Waals surface area (Å²) in [6.07, 6.45) is 3.58. The fraction of sp³-hybridized carbons (Fsp3) is 0.583. The fourth-order valence-corrected chi connectivity index (χ4v) is 2.55. The SMILES string of the molecule is CC1CN(c2ncnc3c2cnn3C)CC(CN)O1. The minimum Gasteiger partial charge on any atom is -0.370 e. The van der Waals surface area contributed by atoms with Crippen LogP contribution in [0.15, 0.2) is 12.5 Å². The number of aromatic nitrogens is 4. The van der Waals surface area contributed by atoms with Gasteiger partial charge in [0.2, 0.25) is 0 Å². The van der Waals surface area contributed by atoms with Crippen LogP contribution in [-0.2, 0) is 11.8 Å². The molecule has 0 saturated carbocycles. The van der Waals surface area contributed by atoms with Gasteiger partial charge in [0, 0.05) is 26.7 Å². The van der Waals surface area contributed by atoms with Crippen LogP contribution in [0.25, 0.3) is 11.0 Å². The van der Waals surface area contributed by atoms with Gasteiger partial charge in [-0.1, -0.05) is 0 Å². The lowest BCUT2D eigenvalue weighted by molar-refractivity contribution is -0.0106. The van der Waals surface area contributed by atoms with Crippen molar-refractivity contribution in [1.82, 2.24) is 19.7 Å². The lowest BCUT2D eigenvalue weighted by atomic mass is 10.2. The third kappa shape index (κ3) is 2.15. The van der Waals surface area contributed by atoms with Crippen LogP contribution >= 0.6 is 0 Å². The summed E-state index contributed by atoms with van der Waals surface area (Å²) < 4.78 is 7.53. The van der Waals surface area contributed by atoms with Crippen LogP contribution in [0.1, 0.15) is 6.92 Å². The van der Waals surface area contributed by atoms with Crippen LogP contribution in [0.5, 0.6) is 0 Å². The summed E-state index contributed by atoms with van der Waals surface area (Å²) in [4.78, 5) is 10.9. The Kier molecular flexibility index (Phi) is 3.08. The zero-order valence-electron chi connectivity index (χ0n) is 11.2. The fourth-order valence-electron chi connectivity index (χ4n) is 2.55. The molecule has 2 aromatic rings. The first kappa shape index (κ1) is 12.3. The van der Waals surface area contributed by atoms with Crippen molar-refractivity contribution in [3.05, 3.63) is 12.5 Å². The van der Waals surface area contributed by atoms with Gasteiger partial charge in [-0.05, 0) is 6.92 Å². The van der Waals surface area contributed by atoms with E-state index in [2.05, 4.69) is 26.9 Å². The largest absolute Gasteiger partial charge is 0.370 e. The van der Waals surface area contributed by atoms with Crippen LogP contribution in [-0.4, -0.2) is 51.6 Å². The minimum absolute atomic E-state index is 0.0467. The predicted octanol–water partition coefficient (Wildman–Crippen LogP) is -0.0843. The average Bonchev–Trinajstić information content (AvgIpc) is 2.80. The number of aryl methyl sites for hydroxylation is 1. The van der Waals surface area contributed by atoms with Crippen molar-refractivity contribution in [1.29, 1.82) is 0 Å². The number of hydrogen-bond donors (Lipinski definition) is 1. The number of hydrogen-bond acceptors (Lipinski definition) is 6. The quantitative estimate of drug-likeness (QED) is 0.815. The Hall–Kier alpha value is -1.73. The van der Waals surface area contributed by atoms with E-state index in [4.69, 9.17) is 10.5 Å². The van der Waals surface area contributed by atoms with Gasteiger partial charge in [0.05, 0.1) is 23.8 Å². The molecule has 3 rings (SSSR count). The van der Waals surface area contributed by atoms with Crippen LogP contribution < -0.4 is 10.6 Å². The highest BCUT2D eigenvalue weighted by Crippen LogP contribution is 2.25. The molecule has 1 fully saturated rings. The number of rotatable bonds is 2. The van der Waals surface area contributed by atoms with Gasteiger partial charge < -0.3 is 15.4 Å². The first-order valence-electron chi connectivity index (χ1n) is 6.42. The van der Waals surface area contributed by atoms with E-state index in [1.54, 1.807) is 11.0 Å². The first-order chi connectivity index (χ1) is 9.19. The monoisotopic (exact) mass is 262 g/mol. The summed E-state index contributed by atoms with van der Waals surface area (Å²) in [6, 6.07) is 0. The van der Waals surface area contributed by atoms with Gasteiger partial charge in [-0.2, -0.15) is 5.10 Å². The number of anilines is 1. The van der Waals surface area contributed by atoms with E-state index in [1.165, 1.54) is 0 Å². The predicted molar refractivity (Wildman–Crippen MR) is 71.9 cm³/mol. The van der Waals surface area contributed by atoms with E-state index >= 15 is 0 Å². The topological polar surface area (TPSA) is 82.1 Å². The summed E-state index contributed by atoms with van der Waals surface area (Å²) in [7, 11) is 1.88. The Bertz CT molecular complexity index is 583. The third-order valence-corrected chi connectivity index (χ3v) is 3.40. The zero-order chi connectivity index (χ0) is 13.4. The molecule has 7 nitrogen and oxygen atoms in total. The van der Waals surface area contributed by atoms with Crippen molar-refractivity contribution in [3.8, 4) is 0 Å². The second kappa shape index (κ2) is 4.75. The summed E-state index contributed by atoms with van der Waals surface area (Å²) >= 11 is 0. The maximum Gasteiger partial charge on any atom is 0.163 e. The Morgan fingerprint density at radius 2 is 2.26 bits per heavy atom. The number of nitrogens with zero attached hydrogens (tertiary/aromatic N) is 5. The number of nitrogens with two attached hydrogens (primary N) is 1. The maximum absolute atomic E-state index is 5.77. The molecular weight excluding hydrogens is 244 g/mol. The third-order valence-electron chi connectivity index (χ3n) is 3.40.